The van der Waals surface area contributed by atoms with Crippen molar-refractivity contribution in [3.8, 4) is 0 Å². The molecule has 1 atom stereocenters. The molecule has 1 amide bonds. The molecule has 0 aliphatic carbocycles. The first-order chi connectivity index (χ1) is 14.0. The average Bonchev–Trinajstić information content (AvgIpc) is 3.24. The quantitative estimate of drug-likeness (QED) is 0.661. The SMILES string of the molecule is CCn1nc2n(c1=O)CCN(C(=O)CCc1c(C)noc1C)C2c1ccccc1. The first-order valence-electron chi connectivity index (χ1n) is 9.95. The van der Waals surface area contributed by atoms with E-state index in [0.29, 0.717) is 38.3 Å². The second kappa shape index (κ2) is 7.69. The standard InChI is InChI=1S/C21H25N5O3/c1-4-26-21(28)25-13-12-24(18(27)11-10-17-14(2)23-29-15(17)3)19(20(25)22-26)16-8-6-5-7-9-16/h5-9,19H,4,10-13H2,1-3H3. The van der Waals surface area contributed by atoms with E-state index < -0.39 is 0 Å². The molecule has 1 aromatic carbocycles. The minimum Gasteiger partial charge on any atom is -0.361 e. The van der Waals surface area contributed by atoms with Gasteiger partial charge < -0.3 is 9.42 Å². The third-order valence-electron chi connectivity index (χ3n) is 5.58. The van der Waals surface area contributed by atoms with Crippen LogP contribution >= 0.6 is 0 Å². The molecular weight excluding hydrogens is 370 g/mol. The second-order valence-corrected chi connectivity index (χ2v) is 7.31. The molecule has 2 aromatic heterocycles. The van der Waals surface area contributed by atoms with Crippen LogP contribution in [0.4, 0.5) is 0 Å². The first kappa shape index (κ1) is 19.2. The van der Waals surface area contributed by atoms with Gasteiger partial charge in [0.2, 0.25) is 5.91 Å². The van der Waals surface area contributed by atoms with E-state index in [9.17, 15) is 9.59 Å². The van der Waals surface area contributed by atoms with E-state index >= 15 is 0 Å². The number of carbonyl (C=O) groups excluding carboxylic acids is 1. The van der Waals surface area contributed by atoms with E-state index in [1.54, 1.807) is 4.57 Å². The van der Waals surface area contributed by atoms with Crippen LogP contribution < -0.4 is 5.69 Å². The van der Waals surface area contributed by atoms with Crippen molar-refractivity contribution in [2.24, 2.45) is 0 Å². The predicted molar refractivity (Wildman–Crippen MR) is 106 cm³/mol. The van der Waals surface area contributed by atoms with Crippen molar-refractivity contribution in [1.29, 1.82) is 0 Å². The zero-order valence-electron chi connectivity index (χ0n) is 17.0. The highest BCUT2D eigenvalue weighted by Gasteiger charge is 2.35. The van der Waals surface area contributed by atoms with E-state index in [2.05, 4.69) is 10.3 Å². The predicted octanol–water partition coefficient (Wildman–Crippen LogP) is 2.23. The van der Waals surface area contributed by atoms with Gasteiger partial charge in [0.15, 0.2) is 5.82 Å². The average molecular weight is 395 g/mol. The molecule has 3 heterocycles. The summed E-state index contributed by atoms with van der Waals surface area (Å²) in [7, 11) is 0. The fraction of sp³-hybridized carbons (Fsp3) is 0.429. The van der Waals surface area contributed by atoms with Crippen molar-refractivity contribution >= 4 is 5.91 Å². The second-order valence-electron chi connectivity index (χ2n) is 7.31. The molecule has 1 unspecified atom stereocenters. The van der Waals surface area contributed by atoms with Crippen molar-refractivity contribution in [3.05, 3.63) is 69.2 Å². The Hall–Kier alpha value is -3.16. The molecule has 0 saturated carbocycles. The van der Waals surface area contributed by atoms with E-state index in [4.69, 9.17) is 4.52 Å². The number of fused-ring (bicyclic) bond motifs is 1. The van der Waals surface area contributed by atoms with Crippen LogP contribution in [0.15, 0.2) is 39.6 Å². The first-order valence-corrected chi connectivity index (χ1v) is 9.95. The molecule has 8 nitrogen and oxygen atoms in total. The summed E-state index contributed by atoms with van der Waals surface area (Å²) in [5, 5.41) is 8.52. The van der Waals surface area contributed by atoms with E-state index in [0.717, 1.165) is 22.6 Å². The molecular formula is C21H25N5O3. The molecule has 152 valence electrons. The molecule has 3 aromatic rings. The molecule has 1 aliphatic rings. The molecule has 4 rings (SSSR count). The van der Waals surface area contributed by atoms with Crippen molar-refractivity contribution in [1.82, 2.24) is 24.4 Å². The molecule has 0 fully saturated rings. The molecule has 0 spiro atoms. The maximum Gasteiger partial charge on any atom is 0.346 e. The Morgan fingerprint density at radius 1 is 1.21 bits per heavy atom. The Morgan fingerprint density at radius 3 is 2.62 bits per heavy atom. The van der Waals surface area contributed by atoms with Gasteiger partial charge in [-0.25, -0.2) is 9.48 Å². The molecule has 29 heavy (non-hydrogen) atoms. The summed E-state index contributed by atoms with van der Waals surface area (Å²) in [6, 6.07) is 9.40. The maximum atomic E-state index is 13.2. The van der Waals surface area contributed by atoms with Gasteiger partial charge in [0.05, 0.1) is 5.69 Å². The van der Waals surface area contributed by atoms with Gasteiger partial charge in [0.25, 0.3) is 0 Å². The smallest absolute Gasteiger partial charge is 0.346 e. The summed E-state index contributed by atoms with van der Waals surface area (Å²) in [5.41, 5.74) is 2.64. The van der Waals surface area contributed by atoms with Crippen molar-refractivity contribution in [2.45, 2.75) is 52.7 Å². The Bertz CT molecular complexity index is 1060. The summed E-state index contributed by atoms with van der Waals surface area (Å²) in [5.74, 6) is 1.41. The summed E-state index contributed by atoms with van der Waals surface area (Å²) < 4.78 is 8.37. The zero-order valence-corrected chi connectivity index (χ0v) is 17.0. The van der Waals surface area contributed by atoms with Crippen LogP contribution in [0.3, 0.4) is 0 Å². The Balaban J connectivity index is 1.66. The highest BCUT2D eigenvalue weighted by molar-refractivity contribution is 5.77. The Labute approximate surface area is 168 Å². The lowest BCUT2D eigenvalue weighted by molar-refractivity contribution is -0.134. The summed E-state index contributed by atoms with van der Waals surface area (Å²) in [6.07, 6.45) is 0.930. The third-order valence-corrected chi connectivity index (χ3v) is 5.58. The monoisotopic (exact) mass is 395 g/mol. The van der Waals surface area contributed by atoms with E-state index in [1.165, 1.54) is 4.68 Å². The lowest BCUT2D eigenvalue weighted by Crippen LogP contribution is -2.44. The lowest BCUT2D eigenvalue weighted by Gasteiger charge is -2.35. The third kappa shape index (κ3) is 3.39. The number of rotatable bonds is 5. The van der Waals surface area contributed by atoms with Crippen LogP contribution in [-0.2, 0) is 24.3 Å². The number of aryl methyl sites for hydroxylation is 3. The summed E-state index contributed by atoms with van der Waals surface area (Å²) in [6.45, 7) is 7.07. The van der Waals surface area contributed by atoms with Crippen molar-refractivity contribution in [2.75, 3.05) is 6.54 Å². The van der Waals surface area contributed by atoms with Crippen LogP contribution in [0.2, 0.25) is 0 Å². The molecule has 0 radical (unpaired) electrons. The molecule has 1 aliphatic heterocycles. The number of nitrogens with zero attached hydrogens (tertiary/aromatic N) is 5. The fourth-order valence-corrected chi connectivity index (χ4v) is 4.02. The minimum absolute atomic E-state index is 0.0311. The van der Waals surface area contributed by atoms with Gasteiger partial charge in [0.1, 0.15) is 11.8 Å². The Morgan fingerprint density at radius 2 is 1.97 bits per heavy atom. The van der Waals surface area contributed by atoms with Crippen LogP contribution in [0, 0.1) is 13.8 Å². The van der Waals surface area contributed by atoms with Gasteiger partial charge in [-0.1, -0.05) is 35.5 Å². The van der Waals surface area contributed by atoms with Gasteiger partial charge in [-0.15, -0.1) is 0 Å². The topological polar surface area (TPSA) is 86.2 Å². The lowest BCUT2D eigenvalue weighted by atomic mass is 10.0. The van der Waals surface area contributed by atoms with Crippen molar-refractivity contribution < 1.29 is 9.32 Å². The number of aromatic nitrogens is 4. The summed E-state index contributed by atoms with van der Waals surface area (Å²) >= 11 is 0. The van der Waals surface area contributed by atoms with E-state index in [1.807, 2.05) is 56.0 Å². The van der Waals surface area contributed by atoms with Crippen LogP contribution in [0.5, 0.6) is 0 Å². The van der Waals surface area contributed by atoms with Crippen LogP contribution in [0.1, 0.15) is 47.8 Å². The largest absolute Gasteiger partial charge is 0.361 e. The van der Waals surface area contributed by atoms with Gasteiger partial charge >= 0.3 is 5.69 Å². The molecule has 0 bridgehead atoms. The maximum absolute atomic E-state index is 13.2. The number of benzene rings is 1. The summed E-state index contributed by atoms with van der Waals surface area (Å²) in [4.78, 5) is 27.7. The normalized spacial score (nSPS) is 16.1. The van der Waals surface area contributed by atoms with Crippen LogP contribution in [0.25, 0.3) is 0 Å². The van der Waals surface area contributed by atoms with Crippen molar-refractivity contribution in [3.63, 3.8) is 0 Å². The van der Waals surface area contributed by atoms with Gasteiger partial charge in [-0.3, -0.25) is 9.36 Å². The fourth-order valence-electron chi connectivity index (χ4n) is 4.02. The van der Waals surface area contributed by atoms with E-state index in [-0.39, 0.29) is 17.6 Å². The van der Waals surface area contributed by atoms with Gasteiger partial charge in [-0.2, -0.15) is 5.10 Å². The highest BCUT2D eigenvalue weighted by Crippen LogP contribution is 2.31. The zero-order chi connectivity index (χ0) is 20.5. The van der Waals surface area contributed by atoms with Crippen LogP contribution in [-0.4, -0.2) is 36.9 Å². The number of hydrogen-bond donors (Lipinski definition) is 0. The number of carbonyl (C=O) groups is 1. The molecule has 0 saturated heterocycles. The van der Waals surface area contributed by atoms with Gasteiger partial charge in [0, 0.05) is 31.6 Å². The van der Waals surface area contributed by atoms with Gasteiger partial charge in [-0.05, 0) is 32.8 Å². The number of amides is 1. The molecule has 8 heteroatoms. The highest BCUT2D eigenvalue weighted by atomic mass is 16.5. The molecule has 0 N–H and O–H groups in total. The number of hydrogen-bond acceptors (Lipinski definition) is 5. The Kier molecular flexibility index (Phi) is 5.08. The minimum atomic E-state index is -0.373.